The van der Waals surface area contributed by atoms with Gasteiger partial charge in [0.15, 0.2) is 5.11 Å². The molecule has 0 saturated carbocycles. The van der Waals surface area contributed by atoms with Crippen LogP contribution in [-0.4, -0.2) is 31.6 Å². The maximum atomic E-state index is 5.33. The Labute approximate surface area is 119 Å². The van der Waals surface area contributed by atoms with Gasteiger partial charge in [-0.1, -0.05) is 0 Å². The molecular weight excluding hydrogens is 262 g/mol. The molecule has 1 rings (SSSR count). The number of ether oxygens (including phenoxy) is 2. The molecular formula is C13H19N3O2S. The minimum Gasteiger partial charge on any atom is -0.497 e. The summed E-state index contributed by atoms with van der Waals surface area (Å²) in [6, 6.07) is 5.57. The van der Waals surface area contributed by atoms with Gasteiger partial charge in [-0.05, 0) is 38.2 Å². The average Bonchev–Trinajstić information content (AvgIpc) is 2.44. The van der Waals surface area contributed by atoms with Crippen molar-refractivity contribution in [2.24, 2.45) is 5.10 Å². The number of thiocarbonyl (C=S) groups is 1. The topological polar surface area (TPSA) is 54.9 Å². The lowest BCUT2D eigenvalue weighted by atomic mass is 10.1. The lowest BCUT2D eigenvalue weighted by Gasteiger charge is -2.10. The van der Waals surface area contributed by atoms with Crippen molar-refractivity contribution in [3.63, 3.8) is 0 Å². The fraction of sp³-hybridized carbons (Fsp3) is 0.385. The third-order valence-corrected chi connectivity index (χ3v) is 2.70. The van der Waals surface area contributed by atoms with Crippen LogP contribution in [0.3, 0.4) is 0 Å². The normalized spacial score (nSPS) is 10.8. The van der Waals surface area contributed by atoms with Gasteiger partial charge in [-0.3, -0.25) is 5.43 Å². The van der Waals surface area contributed by atoms with E-state index in [9.17, 15) is 0 Å². The zero-order valence-corrected chi connectivity index (χ0v) is 12.4. The van der Waals surface area contributed by atoms with Crippen molar-refractivity contribution in [3.05, 3.63) is 23.8 Å². The summed E-state index contributed by atoms with van der Waals surface area (Å²) in [5.41, 5.74) is 4.45. The van der Waals surface area contributed by atoms with Crippen LogP contribution in [-0.2, 0) is 0 Å². The van der Waals surface area contributed by atoms with E-state index in [1.165, 1.54) is 0 Å². The minimum atomic E-state index is 0.495. The standard InChI is InChI=1S/C13H19N3O2S/c1-5-14-13(19)16-15-9(2)11-7-6-10(17-3)8-12(11)18-4/h6-8H,5H2,1-4H3,(H2,14,16,19)/b15-9-. The van der Waals surface area contributed by atoms with Crippen molar-refractivity contribution in [2.75, 3.05) is 20.8 Å². The first-order chi connectivity index (χ1) is 9.12. The number of hydrogen-bond acceptors (Lipinski definition) is 4. The smallest absolute Gasteiger partial charge is 0.186 e. The van der Waals surface area contributed by atoms with Crippen LogP contribution in [0.15, 0.2) is 23.3 Å². The second-order valence-electron chi connectivity index (χ2n) is 3.73. The molecule has 0 spiro atoms. The summed E-state index contributed by atoms with van der Waals surface area (Å²) in [5, 5.41) is 7.68. The van der Waals surface area contributed by atoms with Crippen molar-refractivity contribution in [2.45, 2.75) is 13.8 Å². The van der Waals surface area contributed by atoms with E-state index >= 15 is 0 Å². The Bertz CT molecular complexity index is 475. The summed E-state index contributed by atoms with van der Waals surface area (Å²) < 4.78 is 10.5. The maximum absolute atomic E-state index is 5.33. The van der Waals surface area contributed by atoms with Crippen LogP contribution in [0.25, 0.3) is 0 Å². The maximum Gasteiger partial charge on any atom is 0.186 e. The molecule has 0 aromatic heterocycles. The van der Waals surface area contributed by atoms with Gasteiger partial charge in [0.2, 0.25) is 0 Å². The molecule has 19 heavy (non-hydrogen) atoms. The van der Waals surface area contributed by atoms with E-state index in [-0.39, 0.29) is 0 Å². The van der Waals surface area contributed by atoms with Crippen LogP contribution in [0.5, 0.6) is 11.5 Å². The first-order valence-corrected chi connectivity index (χ1v) is 6.33. The van der Waals surface area contributed by atoms with Gasteiger partial charge in [-0.25, -0.2) is 0 Å². The molecule has 0 heterocycles. The Hall–Kier alpha value is -1.82. The van der Waals surface area contributed by atoms with Crippen molar-refractivity contribution < 1.29 is 9.47 Å². The fourth-order valence-corrected chi connectivity index (χ4v) is 1.68. The third kappa shape index (κ3) is 4.40. The number of benzene rings is 1. The summed E-state index contributed by atoms with van der Waals surface area (Å²) in [4.78, 5) is 0. The number of hydrogen-bond donors (Lipinski definition) is 2. The van der Waals surface area contributed by atoms with Gasteiger partial charge in [0.1, 0.15) is 11.5 Å². The second kappa shape index (κ2) is 7.58. The Morgan fingerprint density at radius 2 is 2.05 bits per heavy atom. The highest BCUT2D eigenvalue weighted by atomic mass is 32.1. The zero-order chi connectivity index (χ0) is 14.3. The van der Waals surface area contributed by atoms with Crippen molar-refractivity contribution >= 4 is 23.0 Å². The predicted molar refractivity (Wildman–Crippen MR) is 81.2 cm³/mol. The van der Waals surface area contributed by atoms with Gasteiger partial charge < -0.3 is 14.8 Å². The summed E-state index contributed by atoms with van der Waals surface area (Å²) in [7, 11) is 3.23. The Morgan fingerprint density at radius 3 is 2.63 bits per heavy atom. The molecule has 6 heteroatoms. The van der Waals surface area contributed by atoms with E-state index < -0.39 is 0 Å². The Morgan fingerprint density at radius 1 is 1.32 bits per heavy atom. The monoisotopic (exact) mass is 281 g/mol. The SMILES string of the molecule is CCNC(=S)N/N=C(/C)c1ccc(OC)cc1OC. The lowest BCUT2D eigenvalue weighted by Crippen LogP contribution is -2.32. The van der Waals surface area contributed by atoms with E-state index in [4.69, 9.17) is 21.7 Å². The van der Waals surface area contributed by atoms with Crippen molar-refractivity contribution in [1.82, 2.24) is 10.7 Å². The number of hydrazone groups is 1. The van der Waals surface area contributed by atoms with Crippen LogP contribution in [0.4, 0.5) is 0 Å². The quantitative estimate of drug-likeness (QED) is 0.490. The van der Waals surface area contributed by atoms with Crippen LogP contribution >= 0.6 is 12.2 Å². The third-order valence-electron chi connectivity index (χ3n) is 2.46. The highest BCUT2D eigenvalue weighted by Crippen LogP contribution is 2.24. The molecule has 1 aromatic carbocycles. The van der Waals surface area contributed by atoms with Gasteiger partial charge in [0.05, 0.1) is 19.9 Å². The van der Waals surface area contributed by atoms with Crippen LogP contribution in [0.1, 0.15) is 19.4 Å². The summed E-state index contributed by atoms with van der Waals surface area (Å²) >= 11 is 5.04. The molecule has 0 aliphatic heterocycles. The number of rotatable bonds is 5. The summed E-state index contributed by atoms with van der Waals surface area (Å²) in [6.07, 6.45) is 0. The Kier molecular flexibility index (Phi) is 6.08. The van der Waals surface area contributed by atoms with Crippen molar-refractivity contribution in [1.29, 1.82) is 0 Å². The van der Waals surface area contributed by atoms with E-state index in [0.717, 1.165) is 23.6 Å². The number of nitrogens with zero attached hydrogens (tertiary/aromatic N) is 1. The first kappa shape index (κ1) is 15.2. The van der Waals surface area contributed by atoms with Gasteiger partial charge >= 0.3 is 0 Å². The van der Waals surface area contributed by atoms with Crippen LogP contribution < -0.4 is 20.2 Å². The van der Waals surface area contributed by atoms with E-state index in [2.05, 4.69) is 15.8 Å². The molecule has 0 bridgehead atoms. The molecule has 5 nitrogen and oxygen atoms in total. The van der Waals surface area contributed by atoms with Crippen molar-refractivity contribution in [3.8, 4) is 11.5 Å². The largest absolute Gasteiger partial charge is 0.497 e. The van der Waals surface area contributed by atoms with Crippen LogP contribution in [0, 0.1) is 0 Å². The summed E-state index contributed by atoms with van der Waals surface area (Å²) in [5.74, 6) is 1.45. The zero-order valence-electron chi connectivity index (χ0n) is 11.6. The summed E-state index contributed by atoms with van der Waals surface area (Å²) in [6.45, 7) is 4.61. The van der Waals surface area contributed by atoms with Gasteiger partial charge in [0, 0.05) is 18.2 Å². The molecule has 0 atom stereocenters. The number of nitrogens with one attached hydrogen (secondary N) is 2. The van der Waals surface area contributed by atoms with E-state index in [1.54, 1.807) is 14.2 Å². The molecule has 0 unspecified atom stereocenters. The predicted octanol–water partition coefficient (Wildman–Crippen LogP) is 1.91. The molecule has 104 valence electrons. The highest BCUT2D eigenvalue weighted by molar-refractivity contribution is 7.80. The first-order valence-electron chi connectivity index (χ1n) is 5.92. The molecule has 0 aliphatic carbocycles. The van der Waals surface area contributed by atoms with Gasteiger partial charge in [-0.2, -0.15) is 5.10 Å². The average molecular weight is 281 g/mol. The molecule has 0 radical (unpaired) electrons. The molecule has 0 fully saturated rings. The Balaban J connectivity index is 2.89. The molecule has 1 aromatic rings. The molecule has 2 N–H and O–H groups in total. The molecule has 0 amide bonds. The molecule has 0 saturated heterocycles. The van der Waals surface area contributed by atoms with Gasteiger partial charge in [0.25, 0.3) is 0 Å². The second-order valence-corrected chi connectivity index (χ2v) is 4.14. The molecule has 0 aliphatic rings. The van der Waals surface area contributed by atoms with E-state index in [1.807, 2.05) is 32.0 Å². The highest BCUT2D eigenvalue weighted by Gasteiger charge is 2.08. The van der Waals surface area contributed by atoms with E-state index in [0.29, 0.717) is 10.9 Å². The number of methoxy groups -OCH3 is 2. The van der Waals surface area contributed by atoms with Gasteiger partial charge in [-0.15, -0.1) is 0 Å². The van der Waals surface area contributed by atoms with Crippen LogP contribution in [0.2, 0.25) is 0 Å². The minimum absolute atomic E-state index is 0.495. The lowest BCUT2D eigenvalue weighted by molar-refractivity contribution is 0.394. The fourth-order valence-electron chi connectivity index (χ4n) is 1.49.